The predicted octanol–water partition coefficient (Wildman–Crippen LogP) is 5.88. The first kappa shape index (κ1) is 24.1. The number of nitrogens with one attached hydrogen (secondary N) is 1. The molecule has 3 aromatic heterocycles. The molecule has 3 N–H and O–H groups in total. The number of aromatic carboxylic acids is 1. The number of pyridine rings is 2. The molecule has 0 unspecified atom stereocenters. The Kier molecular flexibility index (Phi) is 6.55. The van der Waals surface area contributed by atoms with Crippen molar-refractivity contribution >= 4 is 28.9 Å². The first-order valence-electron chi connectivity index (χ1n) is 12.1. The average Bonchev–Trinajstić information content (AvgIpc) is 3.35. The number of aromatic nitrogens is 3. The van der Waals surface area contributed by atoms with E-state index in [0.717, 1.165) is 58.8 Å². The number of carboxylic acids is 1. The third-order valence-electron chi connectivity index (χ3n) is 6.48. The van der Waals surface area contributed by atoms with Crippen LogP contribution in [0.25, 0.3) is 10.6 Å². The van der Waals surface area contributed by atoms with Crippen molar-refractivity contribution in [1.29, 1.82) is 0 Å². The molecule has 1 atom stereocenters. The molecule has 0 spiro atoms. The Bertz CT molecular complexity index is 1430. The van der Waals surface area contributed by atoms with Crippen molar-refractivity contribution in [3.05, 3.63) is 87.7 Å². The Hall–Kier alpha value is -3.62. The Morgan fingerprint density at radius 2 is 2.00 bits per heavy atom. The quantitative estimate of drug-likeness (QED) is 0.291. The summed E-state index contributed by atoms with van der Waals surface area (Å²) >= 11 is 1.41. The van der Waals surface area contributed by atoms with Gasteiger partial charge in [0, 0.05) is 12.4 Å². The molecule has 1 aliphatic rings. The molecule has 5 rings (SSSR count). The molecule has 0 saturated carbocycles. The van der Waals surface area contributed by atoms with E-state index in [-0.39, 0.29) is 5.56 Å². The van der Waals surface area contributed by atoms with Gasteiger partial charge in [-0.05, 0) is 91.3 Å². The SMILES string of the molecule is CCCc1ccnc(Nc2cc(C)cc(-c3cnc([C@@]4(O)CCCc5cc(C(=O)O)ccc54)s3)n2)c1. The van der Waals surface area contributed by atoms with Gasteiger partial charge in [0.2, 0.25) is 0 Å². The molecular weight excluding hydrogens is 472 g/mol. The van der Waals surface area contributed by atoms with Gasteiger partial charge in [-0.3, -0.25) is 0 Å². The largest absolute Gasteiger partial charge is 0.478 e. The Morgan fingerprint density at radius 1 is 1.14 bits per heavy atom. The van der Waals surface area contributed by atoms with Gasteiger partial charge in [0.05, 0.1) is 16.1 Å². The van der Waals surface area contributed by atoms with Crippen molar-refractivity contribution in [1.82, 2.24) is 15.0 Å². The Balaban J connectivity index is 1.45. The minimum atomic E-state index is -1.25. The van der Waals surface area contributed by atoms with Gasteiger partial charge in [0.25, 0.3) is 0 Å². The fourth-order valence-corrected chi connectivity index (χ4v) is 5.80. The number of aryl methyl sites for hydroxylation is 3. The van der Waals surface area contributed by atoms with Crippen LogP contribution in [0.15, 0.2) is 54.9 Å². The molecule has 3 heterocycles. The molecule has 36 heavy (non-hydrogen) atoms. The molecular formula is C28H28N4O3S. The third kappa shape index (κ3) is 4.74. The smallest absolute Gasteiger partial charge is 0.335 e. The lowest BCUT2D eigenvalue weighted by Gasteiger charge is -2.33. The highest BCUT2D eigenvalue weighted by Gasteiger charge is 2.39. The number of aliphatic hydroxyl groups is 1. The van der Waals surface area contributed by atoms with E-state index in [9.17, 15) is 15.0 Å². The van der Waals surface area contributed by atoms with Crippen molar-refractivity contribution in [2.75, 3.05) is 5.32 Å². The van der Waals surface area contributed by atoms with E-state index in [0.29, 0.717) is 17.2 Å². The van der Waals surface area contributed by atoms with Crippen LogP contribution in [0, 0.1) is 6.92 Å². The number of hydrogen-bond donors (Lipinski definition) is 3. The zero-order valence-corrected chi connectivity index (χ0v) is 21.1. The van der Waals surface area contributed by atoms with Crippen LogP contribution in [0.2, 0.25) is 0 Å². The highest BCUT2D eigenvalue weighted by Crippen LogP contribution is 2.43. The van der Waals surface area contributed by atoms with Crippen molar-refractivity contribution in [2.24, 2.45) is 0 Å². The number of carbonyl (C=O) groups is 1. The predicted molar refractivity (Wildman–Crippen MR) is 141 cm³/mol. The first-order valence-corrected chi connectivity index (χ1v) is 12.9. The van der Waals surface area contributed by atoms with Crippen LogP contribution < -0.4 is 5.32 Å². The van der Waals surface area contributed by atoms with Crippen LogP contribution in [0.5, 0.6) is 0 Å². The standard InChI is InChI=1S/C28H28N4O3S/c1-3-5-18-9-11-29-24(14-18)32-25-13-17(2)12-22(31-25)23-16-30-27(36-23)28(35)10-4-6-19-15-20(26(33)34)7-8-21(19)28/h7-9,11-16,35H,3-6,10H2,1-2H3,(H,33,34)(H,29,31,32)/t28-/m1/s1. The zero-order valence-electron chi connectivity index (χ0n) is 20.3. The molecule has 7 nitrogen and oxygen atoms in total. The Labute approximate surface area is 213 Å². The van der Waals surface area contributed by atoms with Gasteiger partial charge in [-0.2, -0.15) is 0 Å². The van der Waals surface area contributed by atoms with Gasteiger partial charge in [0.15, 0.2) is 0 Å². The number of hydrogen-bond acceptors (Lipinski definition) is 7. The normalized spacial score (nSPS) is 17.0. The topological polar surface area (TPSA) is 108 Å². The van der Waals surface area contributed by atoms with E-state index in [1.165, 1.54) is 16.9 Å². The van der Waals surface area contributed by atoms with E-state index < -0.39 is 11.6 Å². The number of benzene rings is 1. The molecule has 0 aliphatic heterocycles. The van der Waals surface area contributed by atoms with E-state index in [4.69, 9.17) is 4.98 Å². The summed E-state index contributed by atoms with van der Waals surface area (Å²) in [7, 11) is 0. The van der Waals surface area contributed by atoms with Gasteiger partial charge in [-0.15, -0.1) is 11.3 Å². The monoisotopic (exact) mass is 500 g/mol. The third-order valence-corrected chi connectivity index (χ3v) is 7.65. The Morgan fingerprint density at radius 3 is 2.81 bits per heavy atom. The highest BCUT2D eigenvalue weighted by molar-refractivity contribution is 7.15. The summed E-state index contributed by atoms with van der Waals surface area (Å²) < 4.78 is 0. The van der Waals surface area contributed by atoms with Crippen LogP contribution >= 0.6 is 11.3 Å². The number of fused-ring (bicyclic) bond motifs is 1. The molecule has 1 aliphatic carbocycles. The summed E-state index contributed by atoms with van der Waals surface area (Å²) in [5, 5.41) is 25.0. The summed E-state index contributed by atoms with van der Waals surface area (Å²) in [4.78, 5) is 26.1. The minimum absolute atomic E-state index is 0.233. The average molecular weight is 501 g/mol. The number of nitrogens with zero attached hydrogens (tertiary/aromatic N) is 3. The molecule has 0 bridgehead atoms. The van der Waals surface area contributed by atoms with Gasteiger partial charge in [-0.1, -0.05) is 19.4 Å². The van der Waals surface area contributed by atoms with Crippen LogP contribution in [0.4, 0.5) is 11.6 Å². The molecule has 184 valence electrons. The van der Waals surface area contributed by atoms with Crippen LogP contribution in [0.1, 0.15) is 63.8 Å². The molecule has 4 aromatic rings. The number of carboxylic acid groups (broad SMARTS) is 1. The van der Waals surface area contributed by atoms with Crippen LogP contribution in [0.3, 0.4) is 0 Å². The fourth-order valence-electron chi connectivity index (χ4n) is 4.79. The summed E-state index contributed by atoms with van der Waals surface area (Å²) in [5.74, 6) is 0.485. The number of rotatable bonds is 7. The molecule has 0 amide bonds. The zero-order chi connectivity index (χ0) is 25.3. The number of anilines is 2. The van der Waals surface area contributed by atoms with Gasteiger partial charge in [-0.25, -0.2) is 19.7 Å². The van der Waals surface area contributed by atoms with Gasteiger partial charge >= 0.3 is 5.97 Å². The van der Waals surface area contributed by atoms with Crippen LogP contribution in [-0.2, 0) is 18.4 Å². The molecule has 1 aromatic carbocycles. The van der Waals surface area contributed by atoms with E-state index in [1.54, 1.807) is 24.4 Å². The maximum absolute atomic E-state index is 11.7. The summed E-state index contributed by atoms with van der Waals surface area (Å²) in [6.45, 7) is 4.17. The lowest BCUT2D eigenvalue weighted by Crippen LogP contribution is -2.32. The van der Waals surface area contributed by atoms with Crippen molar-refractivity contribution < 1.29 is 15.0 Å². The highest BCUT2D eigenvalue weighted by atomic mass is 32.1. The fraction of sp³-hybridized carbons (Fsp3) is 0.286. The summed E-state index contributed by atoms with van der Waals surface area (Å²) in [5.41, 5.74) is 3.62. The lowest BCUT2D eigenvalue weighted by atomic mass is 9.79. The van der Waals surface area contributed by atoms with E-state index >= 15 is 0 Å². The second kappa shape index (κ2) is 9.79. The van der Waals surface area contributed by atoms with Crippen molar-refractivity contribution in [3.63, 3.8) is 0 Å². The maximum atomic E-state index is 11.7. The molecule has 0 fully saturated rings. The first-order chi connectivity index (χ1) is 17.4. The second-order valence-electron chi connectivity index (χ2n) is 9.26. The molecule has 0 radical (unpaired) electrons. The summed E-state index contributed by atoms with van der Waals surface area (Å²) in [6.07, 6.45) is 7.65. The summed E-state index contributed by atoms with van der Waals surface area (Å²) in [6, 6.07) is 13.0. The number of thiazole rings is 1. The lowest BCUT2D eigenvalue weighted by molar-refractivity contribution is 0.0607. The molecule has 8 heteroatoms. The second-order valence-corrected chi connectivity index (χ2v) is 10.3. The molecule has 0 saturated heterocycles. The van der Waals surface area contributed by atoms with Crippen LogP contribution in [-0.4, -0.2) is 31.1 Å². The van der Waals surface area contributed by atoms with Crippen molar-refractivity contribution in [3.8, 4) is 10.6 Å². The van der Waals surface area contributed by atoms with Gasteiger partial charge < -0.3 is 15.5 Å². The van der Waals surface area contributed by atoms with Crippen molar-refractivity contribution in [2.45, 2.75) is 51.6 Å². The van der Waals surface area contributed by atoms with Gasteiger partial charge in [0.1, 0.15) is 22.2 Å². The van der Waals surface area contributed by atoms with E-state index in [1.807, 2.05) is 37.4 Å². The van der Waals surface area contributed by atoms with E-state index in [2.05, 4.69) is 22.2 Å². The maximum Gasteiger partial charge on any atom is 0.335 e. The minimum Gasteiger partial charge on any atom is -0.478 e.